The van der Waals surface area contributed by atoms with Crippen molar-refractivity contribution >= 4 is 28.9 Å². The topological polar surface area (TPSA) is 86.9 Å². The van der Waals surface area contributed by atoms with E-state index in [-0.39, 0.29) is 24.0 Å². The molecule has 1 unspecified atom stereocenters. The Balaban J connectivity index is 1.83. The molecule has 0 fully saturated rings. The SMILES string of the molecule is CC(=O)Nc1cc(-c2[nH]c3c(c2Nc2ccccc2)C(=O)CC(CF)C3)ccn1. The number of aromatic amines is 1. The molecule has 3 aromatic rings. The molecule has 6 nitrogen and oxygen atoms in total. The maximum atomic E-state index is 13.3. The summed E-state index contributed by atoms with van der Waals surface area (Å²) in [6.45, 7) is 0.892. The second-order valence-electron chi connectivity index (χ2n) is 7.18. The van der Waals surface area contributed by atoms with E-state index in [0.717, 1.165) is 16.9 Å². The summed E-state index contributed by atoms with van der Waals surface area (Å²) in [5.74, 6) is -0.186. The predicted molar refractivity (Wildman–Crippen MR) is 110 cm³/mol. The number of carbonyl (C=O) groups excluding carboxylic acids is 2. The van der Waals surface area contributed by atoms with Gasteiger partial charge >= 0.3 is 0 Å². The summed E-state index contributed by atoms with van der Waals surface area (Å²) in [7, 11) is 0. The van der Waals surface area contributed by atoms with Crippen LogP contribution in [0.2, 0.25) is 0 Å². The highest BCUT2D eigenvalue weighted by Crippen LogP contribution is 2.40. The normalized spacial score (nSPS) is 15.7. The summed E-state index contributed by atoms with van der Waals surface area (Å²) in [6, 6.07) is 13.1. The molecule has 29 heavy (non-hydrogen) atoms. The van der Waals surface area contributed by atoms with Crippen LogP contribution in [0.25, 0.3) is 11.3 Å². The minimum atomic E-state index is -0.525. The molecule has 0 radical (unpaired) electrons. The summed E-state index contributed by atoms with van der Waals surface area (Å²) in [6.07, 6.45) is 2.27. The maximum Gasteiger partial charge on any atom is 0.222 e. The lowest BCUT2D eigenvalue weighted by Crippen LogP contribution is -2.21. The maximum absolute atomic E-state index is 13.3. The lowest BCUT2D eigenvalue weighted by Gasteiger charge is -2.19. The molecule has 0 saturated carbocycles. The number of anilines is 3. The lowest BCUT2D eigenvalue weighted by atomic mass is 9.87. The first-order valence-corrected chi connectivity index (χ1v) is 9.45. The van der Waals surface area contributed by atoms with Gasteiger partial charge in [-0.2, -0.15) is 0 Å². The number of halogens is 1. The van der Waals surface area contributed by atoms with Gasteiger partial charge in [-0.3, -0.25) is 14.0 Å². The number of ketones is 1. The van der Waals surface area contributed by atoms with Crippen molar-refractivity contribution in [3.05, 3.63) is 59.9 Å². The van der Waals surface area contributed by atoms with Crippen molar-refractivity contribution in [3.8, 4) is 11.3 Å². The van der Waals surface area contributed by atoms with E-state index in [4.69, 9.17) is 0 Å². The summed E-state index contributed by atoms with van der Waals surface area (Å²) < 4.78 is 13.3. The molecule has 148 valence electrons. The summed E-state index contributed by atoms with van der Waals surface area (Å²) >= 11 is 0. The molecule has 0 saturated heterocycles. The third kappa shape index (κ3) is 3.89. The van der Waals surface area contributed by atoms with Crippen molar-refractivity contribution in [2.75, 3.05) is 17.3 Å². The van der Waals surface area contributed by atoms with Crippen LogP contribution in [0.4, 0.5) is 21.6 Å². The van der Waals surface area contributed by atoms with E-state index in [0.29, 0.717) is 29.2 Å². The zero-order valence-electron chi connectivity index (χ0n) is 16.0. The number of aromatic nitrogens is 2. The minimum Gasteiger partial charge on any atom is -0.356 e. The number of rotatable bonds is 5. The standard InChI is InChI=1S/C22H21FN4O2/c1-13(28)25-19-11-15(7-8-24-19)21-22(26-16-5-3-2-4-6-16)20-17(27-21)9-14(12-23)10-18(20)29/h2-8,11,14,26-27H,9-10,12H2,1H3,(H,24,25,28). The highest BCUT2D eigenvalue weighted by atomic mass is 19.1. The molecule has 0 aliphatic heterocycles. The second-order valence-corrected chi connectivity index (χ2v) is 7.18. The van der Waals surface area contributed by atoms with E-state index < -0.39 is 6.67 Å². The molecule has 4 rings (SSSR count). The van der Waals surface area contributed by atoms with Crippen LogP contribution in [0.3, 0.4) is 0 Å². The van der Waals surface area contributed by atoms with Crippen LogP contribution >= 0.6 is 0 Å². The van der Waals surface area contributed by atoms with Crippen LogP contribution in [0.5, 0.6) is 0 Å². The molecule has 1 aromatic carbocycles. The number of pyridine rings is 1. The first-order valence-electron chi connectivity index (χ1n) is 9.45. The van der Waals surface area contributed by atoms with Crippen LogP contribution in [0.15, 0.2) is 48.7 Å². The number of alkyl halides is 1. The van der Waals surface area contributed by atoms with Crippen LogP contribution in [0.1, 0.15) is 29.4 Å². The fourth-order valence-corrected chi connectivity index (χ4v) is 3.69. The Hall–Kier alpha value is -3.48. The molecule has 1 amide bonds. The number of nitrogens with one attached hydrogen (secondary N) is 3. The third-order valence-corrected chi connectivity index (χ3v) is 4.94. The van der Waals surface area contributed by atoms with Gasteiger partial charge in [0.15, 0.2) is 5.78 Å². The lowest BCUT2D eigenvalue weighted by molar-refractivity contribution is -0.114. The van der Waals surface area contributed by atoms with Gasteiger partial charge < -0.3 is 15.6 Å². The number of amides is 1. The van der Waals surface area contributed by atoms with Gasteiger partial charge in [0.05, 0.1) is 23.6 Å². The molecule has 2 heterocycles. The van der Waals surface area contributed by atoms with Gasteiger partial charge in [0.1, 0.15) is 5.82 Å². The van der Waals surface area contributed by atoms with E-state index in [1.807, 2.05) is 30.3 Å². The first kappa shape index (κ1) is 18.9. The van der Waals surface area contributed by atoms with Gasteiger partial charge in [-0.1, -0.05) is 18.2 Å². The number of H-pyrrole nitrogens is 1. The molecule has 3 N–H and O–H groups in total. The zero-order valence-corrected chi connectivity index (χ0v) is 16.0. The van der Waals surface area contributed by atoms with Crippen LogP contribution in [0, 0.1) is 5.92 Å². The van der Waals surface area contributed by atoms with E-state index in [1.54, 1.807) is 18.3 Å². The van der Waals surface area contributed by atoms with Crippen LogP contribution in [-0.4, -0.2) is 28.3 Å². The van der Waals surface area contributed by atoms with E-state index in [1.165, 1.54) is 6.92 Å². The fourth-order valence-electron chi connectivity index (χ4n) is 3.69. The molecule has 1 atom stereocenters. The van der Waals surface area contributed by atoms with Crippen molar-refractivity contribution in [3.63, 3.8) is 0 Å². The minimum absolute atomic E-state index is 0.0778. The van der Waals surface area contributed by atoms with Crippen molar-refractivity contribution in [1.29, 1.82) is 0 Å². The number of fused-ring (bicyclic) bond motifs is 1. The Morgan fingerprint density at radius 2 is 2.03 bits per heavy atom. The second kappa shape index (κ2) is 7.87. The number of hydrogen-bond acceptors (Lipinski definition) is 4. The van der Waals surface area contributed by atoms with Gasteiger partial charge in [-0.15, -0.1) is 0 Å². The predicted octanol–water partition coefficient (Wildman–Crippen LogP) is 4.49. The van der Waals surface area contributed by atoms with Gasteiger partial charge in [0.2, 0.25) is 5.91 Å². The average Bonchev–Trinajstić information content (AvgIpc) is 3.07. The van der Waals surface area contributed by atoms with E-state index >= 15 is 0 Å². The van der Waals surface area contributed by atoms with Crippen molar-refractivity contribution in [2.45, 2.75) is 19.8 Å². The summed E-state index contributed by atoms with van der Waals surface area (Å²) in [5, 5.41) is 6.02. The number of Topliss-reactive ketones (excluding diaryl/α,β-unsaturated/α-hetero) is 1. The van der Waals surface area contributed by atoms with Gasteiger partial charge in [-0.25, -0.2) is 4.98 Å². The highest BCUT2D eigenvalue weighted by molar-refractivity contribution is 6.07. The van der Waals surface area contributed by atoms with Gasteiger partial charge in [0.25, 0.3) is 0 Å². The van der Waals surface area contributed by atoms with E-state index in [9.17, 15) is 14.0 Å². The van der Waals surface area contributed by atoms with Crippen LogP contribution < -0.4 is 10.6 Å². The van der Waals surface area contributed by atoms with Crippen molar-refractivity contribution < 1.29 is 14.0 Å². The number of benzene rings is 1. The monoisotopic (exact) mass is 392 g/mol. The Kier molecular flexibility index (Phi) is 5.12. The van der Waals surface area contributed by atoms with Crippen molar-refractivity contribution in [1.82, 2.24) is 9.97 Å². The molecule has 1 aliphatic rings. The van der Waals surface area contributed by atoms with Gasteiger partial charge in [0, 0.05) is 36.5 Å². The Morgan fingerprint density at radius 1 is 1.24 bits per heavy atom. The molecule has 7 heteroatoms. The number of carbonyl (C=O) groups is 2. The first-order chi connectivity index (χ1) is 14.0. The van der Waals surface area contributed by atoms with Crippen LogP contribution in [-0.2, 0) is 11.2 Å². The quantitative estimate of drug-likeness (QED) is 0.597. The third-order valence-electron chi connectivity index (χ3n) is 4.94. The molecule has 0 spiro atoms. The average molecular weight is 392 g/mol. The molecular weight excluding hydrogens is 371 g/mol. The number of hydrogen-bond donors (Lipinski definition) is 3. The molecule has 0 bridgehead atoms. The Bertz CT molecular complexity index is 1060. The smallest absolute Gasteiger partial charge is 0.222 e. The van der Waals surface area contributed by atoms with E-state index in [2.05, 4.69) is 20.6 Å². The fraction of sp³-hybridized carbons (Fsp3) is 0.227. The number of nitrogens with zero attached hydrogens (tertiary/aromatic N) is 1. The molecule has 1 aliphatic carbocycles. The molecule has 2 aromatic heterocycles. The number of para-hydroxylation sites is 1. The highest BCUT2D eigenvalue weighted by Gasteiger charge is 2.31. The van der Waals surface area contributed by atoms with Gasteiger partial charge in [-0.05, 0) is 36.6 Å². The zero-order chi connectivity index (χ0) is 20.4. The summed E-state index contributed by atoms with van der Waals surface area (Å²) in [4.78, 5) is 31.7. The van der Waals surface area contributed by atoms with Crippen molar-refractivity contribution in [2.24, 2.45) is 5.92 Å². The summed E-state index contributed by atoms with van der Waals surface area (Å²) in [5.41, 5.74) is 4.28. The molecular formula is C22H21FN4O2. The largest absolute Gasteiger partial charge is 0.356 e. The Labute approximate surface area is 167 Å². The Morgan fingerprint density at radius 3 is 2.76 bits per heavy atom.